The van der Waals surface area contributed by atoms with Gasteiger partial charge in [0.05, 0.1) is 23.6 Å². The Hall–Kier alpha value is -3.18. The van der Waals surface area contributed by atoms with Gasteiger partial charge in [-0.05, 0) is 42.9 Å². The highest BCUT2D eigenvalue weighted by atomic mass is 32.1. The molecule has 0 atom stereocenters. The molecule has 2 N–H and O–H groups in total. The van der Waals surface area contributed by atoms with Crippen LogP contribution in [0.2, 0.25) is 0 Å². The van der Waals surface area contributed by atoms with Crippen molar-refractivity contribution in [2.75, 3.05) is 11.9 Å². The monoisotopic (exact) mass is 420 g/mol. The summed E-state index contributed by atoms with van der Waals surface area (Å²) in [5.74, 6) is -0.842. The minimum atomic E-state index is -0.499. The molecule has 1 aromatic heterocycles. The number of nitrogens with zero attached hydrogens (tertiary/aromatic N) is 2. The molecule has 0 spiro atoms. The predicted molar refractivity (Wildman–Crippen MR) is 109 cm³/mol. The molecule has 2 rings (SSSR count). The largest absolute Gasteiger partial charge is 0.466 e. The van der Waals surface area contributed by atoms with Crippen LogP contribution in [0.3, 0.4) is 0 Å². The van der Waals surface area contributed by atoms with Crippen molar-refractivity contribution in [3.63, 3.8) is 0 Å². The molecule has 0 aliphatic rings. The third kappa shape index (κ3) is 6.85. The molecule has 28 heavy (non-hydrogen) atoms. The SMILES string of the molecule is CCOC(=O)Cc1csc(NC(=S)NC(=O)C=Cc2ccc([N+](=O)[O-])cc2)n1. The number of thiocarbonyl (C=S) groups is 1. The van der Waals surface area contributed by atoms with Crippen molar-refractivity contribution in [2.45, 2.75) is 13.3 Å². The van der Waals surface area contributed by atoms with E-state index in [1.54, 1.807) is 12.3 Å². The first-order chi connectivity index (χ1) is 13.4. The number of hydrogen-bond donors (Lipinski definition) is 2. The highest BCUT2D eigenvalue weighted by molar-refractivity contribution is 7.80. The number of anilines is 1. The van der Waals surface area contributed by atoms with Gasteiger partial charge in [0.15, 0.2) is 10.2 Å². The number of carbonyl (C=O) groups excluding carboxylic acids is 2. The van der Waals surface area contributed by atoms with Crippen molar-refractivity contribution in [1.29, 1.82) is 0 Å². The Bertz CT molecular complexity index is 909. The molecular weight excluding hydrogens is 404 g/mol. The fraction of sp³-hybridized carbons (Fsp3) is 0.176. The highest BCUT2D eigenvalue weighted by Crippen LogP contribution is 2.16. The molecule has 9 nitrogen and oxygen atoms in total. The Kier molecular flexibility index (Phi) is 7.72. The van der Waals surface area contributed by atoms with Crippen LogP contribution >= 0.6 is 23.6 Å². The maximum absolute atomic E-state index is 11.9. The molecule has 0 radical (unpaired) electrons. The zero-order valence-corrected chi connectivity index (χ0v) is 16.3. The molecule has 0 saturated heterocycles. The van der Waals surface area contributed by atoms with E-state index in [-0.39, 0.29) is 23.2 Å². The van der Waals surface area contributed by atoms with Gasteiger partial charge in [-0.3, -0.25) is 25.0 Å². The van der Waals surface area contributed by atoms with Crippen LogP contribution in [0.25, 0.3) is 6.08 Å². The van der Waals surface area contributed by atoms with Crippen LogP contribution < -0.4 is 10.6 Å². The summed E-state index contributed by atoms with van der Waals surface area (Å²) in [7, 11) is 0. The first kappa shape index (κ1) is 21.1. The number of aromatic nitrogens is 1. The lowest BCUT2D eigenvalue weighted by molar-refractivity contribution is -0.384. The number of nitrogens with one attached hydrogen (secondary N) is 2. The standard InChI is InChI=1S/C17H16N4O5S2/c1-2-26-15(23)9-12-10-28-17(18-12)20-16(27)19-14(22)8-5-11-3-6-13(7-4-11)21(24)25/h3-8,10H,2,9H2,1H3,(H2,18,19,20,22,27). The van der Waals surface area contributed by atoms with Crippen LogP contribution in [0.4, 0.5) is 10.8 Å². The van der Waals surface area contributed by atoms with Crippen LogP contribution in [0, 0.1) is 10.1 Å². The fourth-order valence-corrected chi connectivity index (χ4v) is 2.94. The molecule has 0 aliphatic carbocycles. The van der Waals surface area contributed by atoms with Crippen LogP contribution in [0.15, 0.2) is 35.7 Å². The normalized spacial score (nSPS) is 10.5. The Morgan fingerprint density at radius 2 is 2.07 bits per heavy atom. The first-order valence-corrected chi connectivity index (χ1v) is 9.30. The number of benzene rings is 1. The molecule has 0 bridgehead atoms. The van der Waals surface area contributed by atoms with Crippen molar-refractivity contribution in [2.24, 2.45) is 0 Å². The number of non-ortho nitro benzene ring substituents is 1. The lowest BCUT2D eigenvalue weighted by atomic mass is 10.2. The van der Waals surface area contributed by atoms with Crippen molar-refractivity contribution >= 4 is 57.4 Å². The number of ether oxygens (including phenoxy) is 1. The van der Waals surface area contributed by atoms with Crippen molar-refractivity contribution in [3.05, 3.63) is 57.1 Å². The summed E-state index contributed by atoms with van der Waals surface area (Å²) < 4.78 is 4.85. The van der Waals surface area contributed by atoms with Crippen LogP contribution in [0.1, 0.15) is 18.2 Å². The number of rotatable bonds is 7. The highest BCUT2D eigenvalue weighted by Gasteiger charge is 2.10. The minimum Gasteiger partial charge on any atom is -0.466 e. The van der Waals surface area contributed by atoms with E-state index in [1.807, 2.05) is 0 Å². The Morgan fingerprint density at radius 1 is 1.36 bits per heavy atom. The molecular formula is C17H16N4O5S2. The molecule has 1 heterocycles. The van der Waals surface area contributed by atoms with Gasteiger partial charge in [-0.1, -0.05) is 0 Å². The molecule has 0 fully saturated rings. The summed E-state index contributed by atoms with van der Waals surface area (Å²) >= 11 is 6.29. The topological polar surface area (TPSA) is 123 Å². The molecule has 0 unspecified atom stereocenters. The summed E-state index contributed by atoms with van der Waals surface area (Å²) in [6, 6.07) is 5.75. The van der Waals surface area contributed by atoms with Crippen LogP contribution in [-0.2, 0) is 20.7 Å². The zero-order valence-electron chi connectivity index (χ0n) is 14.7. The smallest absolute Gasteiger partial charge is 0.311 e. The van der Waals surface area contributed by atoms with Gasteiger partial charge in [0, 0.05) is 23.6 Å². The molecule has 2 aromatic rings. The summed E-state index contributed by atoms with van der Waals surface area (Å²) in [4.78, 5) is 37.6. The number of amides is 1. The van der Waals surface area contributed by atoms with E-state index < -0.39 is 10.8 Å². The molecule has 1 aromatic carbocycles. The van der Waals surface area contributed by atoms with E-state index in [2.05, 4.69) is 15.6 Å². The first-order valence-electron chi connectivity index (χ1n) is 8.02. The maximum Gasteiger partial charge on any atom is 0.311 e. The molecule has 1 amide bonds. The molecule has 0 saturated carbocycles. The van der Waals surface area contributed by atoms with Gasteiger partial charge in [0.1, 0.15) is 0 Å². The Balaban J connectivity index is 1.83. The number of nitro groups is 1. The fourth-order valence-electron chi connectivity index (χ4n) is 1.97. The molecule has 11 heteroatoms. The second-order valence-electron chi connectivity index (χ2n) is 5.25. The second-order valence-corrected chi connectivity index (χ2v) is 6.52. The van der Waals surface area contributed by atoms with Crippen LogP contribution in [0.5, 0.6) is 0 Å². The van der Waals surface area contributed by atoms with E-state index in [1.165, 1.54) is 47.8 Å². The summed E-state index contributed by atoms with van der Waals surface area (Å²) in [6.45, 7) is 2.03. The lowest BCUT2D eigenvalue weighted by Gasteiger charge is -2.04. The predicted octanol–water partition coefficient (Wildman–Crippen LogP) is 2.68. The number of nitro benzene ring substituents is 1. The van der Waals surface area contributed by atoms with Crippen LogP contribution in [-0.4, -0.2) is 33.5 Å². The van der Waals surface area contributed by atoms with E-state index in [0.717, 1.165) is 0 Å². The van der Waals surface area contributed by atoms with Gasteiger partial charge in [-0.15, -0.1) is 11.3 Å². The molecule has 146 valence electrons. The summed E-state index contributed by atoms with van der Waals surface area (Å²) in [5, 5.41) is 18.0. The van der Waals surface area contributed by atoms with Crippen molar-refractivity contribution < 1.29 is 19.2 Å². The van der Waals surface area contributed by atoms with E-state index in [4.69, 9.17) is 17.0 Å². The van der Waals surface area contributed by atoms with Gasteiger partial charge in [0.2, 0.25) is 5.91 Å². The molecule has 0 aliphatic heterocycles. The Morgan fingerprint density at radius 3 is 2.71 bits per heavy atom. The number of hydrogen-bond acceptors (Lipinski definition) is 8. The average molecular weight is 420 g/mol. The zero-order chi connectivity index (χ0) is 20.5. The quantitative estimate of drug-likeness (QED) is 0.230. The lowest BCUT2D eigenvalue weighted by Crippen LogP contribution is -2.32. The summed E-state index contributed by atoms with van der Waals surface area (Å²) in [6.07, 6.45) is 2.81. The van der Waals surface area contributed by atoms with Gasteiger partial charge in [0.25, 0.3) is 5.69 Å². The number of esters is 1. The van der Waals surface area contributed by atoms with Crippen molar-refractivity contribution in [1.82, 2.24) is 10.3 Å². The van der Waals surface area contributed by atoms with E-state index in [9.17, 15) is 19.7 Å². The number of carbonyl (C=O) groups is 2. The van der Waals surface area contributed by atoms with E-state index >= 15 is 0 Å². The second kappa shape index (κ2) is 10.2. The number of thiazole rings is 1. The Labute approximate surface area is 169 Å². The third-order valence-electron chi connectivity index (χ3n) is 3.17. The van der Waals surface area contributed by atoms with Gasteiger partial charge in [-0.2, -0.15) is 0 Å². The summed E-state index contributed by atoms with van der Waals surface area (Å²) in [5.41, 5.74) is 1.14. The maximum atomic E-state index is 11.9. The van der Waals surface area contributed by atoms with Crippen molar-refractivity contribution in [3.8, 4) is 0 Å². The van der Waals surface area contributed by atoms with E-state index in [0.29, 0.717) is 23.0 Å². The average Bonchev–Trinajstić information content (AvgIpc) is 3.06. The van der Waals surface area contributed by atoms with Gasteiger partial charge >= 0.3 is 5.97 Å². The van der Waals surface area contributed by atoms with Gasteiger partial charge < -0.3 is 10.1 Å². The third-order valence-corrected chi connectivity index (χ3v) is 4.18. The van der Waals surface area contributed by atoms with Gasteiger partial charge in [-0.25, -0.2) is 4.98 Å². The minimum absolute atomic E-state index is 0.0299.